The normalized spacial score (nSPS) is 19.8. The summed E-state index contributed by atoms with van der Waals surface area (Å²) in [6.45, 7) is 1.04. The first kappa shape index (κ1) is 14.9. The average molecular weight is 325 g/mol. The second-order valence-corrected chi connectivity index (χ2v) is 7.43. The van der Waals surface area contributed by atoms with Gasteiger partial charge in [0.2, 0.25) is 0 Å². The highest BCUT2D eigenvalue weighted by Gasteiger charge is 2.37. The molecule has 0 saturated carbocycles. The number of hydrogen-bond acceptors (Lipinski definition) is 1. The summed E-state index contributed by atoms with van der Waals surface area (Å²) in [5.41, 5.74) is 9.04. The van der Waals surface area contributed by atoms with Crippen LogP contribution in [0.3, 0.4) is 0 Å². The van der Waals surface area contributed by atoms with E-state index in [2.05, 4.69) is 84.7 Å². The topological polar surface area (TPSA) is 3.24 Å². The van der Waals surface area contributed by atoms with Gasteiger partial charge in [-0.25, -0.2) is 0 Å². The molecule has 3 aromatic carbocycles. The highest BCUT2D eigenvalue weighted by atomic mass is 15.2. The van der Waals surface area contributed by atoms with Crippen molar-refractivity contribution in [3.8, 4) is 0 Å². The molecule has 1 aliphatic carbocycles. The van der Waals surface area contributed by atoms with E-state index in [0.29, 0.717) is 12.0 Å². The van der Waals surface area contributed by atoms with Crippen LogP contribution in [0, 0.1) is 0 Å². The van der Waals surface area contributed by atoms with Gasteiger partial charge in [0, 0.05) is 18.5 Å². The minimum Gasteiger partial charge on any atom is -0.294 e. The zero-order valence-corrected chi connectivity index (χ0v) is 14.7. The van der Waals surface area contributed by atoms with Gasteiger partial charge in [0.25, 0.3) is 0 Å². The Morgan fingerprint density at radius 2 is 1.12 bits per heavy atom. The third-order valence-electron chi connectivity index (χ3n) is 6.03. The lowest BCUT2D eigenvalue weighted by Crippen LogP contribution is -2.24. The fourth-order valence-electron chi connectivity index (χ4n) is 4.91. The van der Waals surface area contributed by atoms with E-state index in [1.54, 1.807) is 0 Å². The summed E-state index contributed by atoms with van der Waals surface area (Å²) in [7, 11) is 2.28. The van der Waals surface area contributed by atoms with Gasteiger partial charge in [0.1, 0.15) is 0 Å². The van der Waals surface area contributed by atoms with Crippen molar-refractivity contribution in [3.05, 3.63) is 106 Å². The molecule has 0 fully saturated rings. The monoisotopic (exact) mass is 325 g/mol. The minimum atomic E-state index is 0.406. The fourth-order valence-corrected chi connectivity index (χ4v) is 4.91. The lowest BCUT2D eigenvalue weighted by atomic mass is 9.80. The molecule has 25 heavy (non-hydrogen) atoms. The Bertz CT molecular complexity index is 879. The summed E-state index contributed by atoms with van der Waals surface area (Å²) in [6.07, 6.45) is 2.28. The molecule has 1 aliphatic heterocycles. The predicted molar refractivity (Wildman–Crippen MR) is 103 cm³/mol. The molecule has 124 valence electrons. The van der Waals surface area contributed by atoms with Gasteiger partial charge in [0.05, 0.1) is 0 Å². The second kappa shape index (κ2) is 5.86. The quantitative estimate of drug-likeness (QED) is 0.601. The Morgan fingerprint density at radius 1 is 0.640 bits per heavy atom. The fraction of sp³-hybridized carbons (Fsp3) is 0.250. The van der Waals surface area contributed by atoms with Crippen molar-refractivity contribution in [2.24, 2.45) is 0 Å². The predicted octanol–water partition coefficient (Wildman–Crippen LogP) is 5.10. The summed E-state index contributed by atoms with van der Waals surface area (Å²) in [5, 5.41) is 0. The maximum Gasteiger partial charge on any atom is 0.0461 e. The molecule has 0 saturated heterocycles. The zero-order chi connectivity index (χ0) is 16.8. The first-order valence-electron chi connectivity index (χ1n) is 9.26. The van der Waals surface area contributed by atoms with E-state index in [1.807, 2.05) is 0 Å². The summed E-state index contributed by atoms with van der Waals surface area (Å²) < 4.78 is 0. The molecule has 0 radical (unpaired) electrons. The molecule has 0 spiro atoms. The highest BCUT2D eigenvalue weighted by Crippen LogP contribution is 2.48. The van der Waals surface area contributed by atoms with Crippen LogP contribution in [-0.2, 0) is 19.4 Å². The summed E-state index contributed by atoms with van der Waals surface area (Å²) >= 11 is 0. The summed E-state index contributed by atoms with van der Waals surface area (Å²) in [4.78, 5) is 2.54. The first-order chi connectivity index (χ1) is 12.3. The molecule has 5 rings (SSSR count). The molecule has 0 aromatic heterocycles. The lowest BCUT2D eigenvalue weighted by Gasteiger charge is -2.32. The standard InChI is InChI=1S/C24H23N/c1-25-16-19-10-4-7-13-22(19)24(25)23-20-11-5-2-8-17(20)14-15-18-9-3-6-12-21(18)23/h2-13,23-24H,14-16H2,1H3. The van der Waals surface area contributed by atoms with Crippen LogP contribution in [0.2, 0.25) is 0 Å². The van der Waals surface area contributed by atoms with Gasteiger partial charge in [-0.2, -0.15) is 0 Å². The van der Waals surface area contributed by atoms with Crippen molar-refractivity contribution >= 4 is 0 Å². The summed E-state index contributed by atoms with van der Waals surface area (Å²) in [5.74, 6) is 0.406. The molecule has 3 aromatic rings. The Kier molecular flexibility index (Phi) is 3.50. The van der Waals surface area contributed by atoms with Crippen LogP contribution in [-0.4, -0.2) is 11.9 Å². The molecule has 1 unspecified atom stereocenters. The van der Waals surface area contributed by atoms with Crippen molar-refractivity contribution in [2.45, 2.75) is 31.3 Å². The molecular formula is C24H23N. The van der Waals surface area contributed by atoms with E-state index in [9.17, 15) is 0 Å². The summed E-state index contributed by atoms with van der Waals surface area (Å²) in [6, 6.07) is 27.6. The smallest absolute Gasteiger partial charge is 0.0461 e. The van der Waals surface area contributed by atoms with Gasteiger partial charge in [-0.15, -0.1) is 0 Å². The number of rotatable bonds is 1. The van der Waals surface area contributed by atoms with Gasteiger partial charge in [-0.3, -0.25) is 4.90 Å². The van der Waals surface area contributed by atoms with Crippen molar-refractivity contribution in [1.29, 1.82) is 0 Å². The zero-order valence-electron chi connectivity index (χ0n) is 14.7. The third-order valence-corrected chi connectivity index (χ3v) is 6.03. The van der Waals surface area contributed by atoms with Crippen LogP contribution < -0.4 is 0 Å². The molecular weight excluding hydrogens is 302 g/mol. The highest BCUT2D eigenvalue weighted by molar-refractivity contribution is 5.49. The van der Waals surface area contributed by atoms with E-state index in [0.717, 1.165) is 19.4 Å². The largest absolute Gasteiger partial charge is 0.294 e. The van der Waals surface area contributed by atoms with Gasteiger partial charge in [0.15, 0.2) is 0 Å². The Morgan fingerprint density at radius 3 is 1.72 bits per heavy atom. The molecule has 0 amide bonds. The van der Waals surface area contributed by atoms with Crippen LogP contribution in [0.5, 0.6) is 0 Å². The molecule has 1 heterocycles. The van der Waals surface area contributed by atoms with Gasteiger partial charge in [-0.1, -0.05) is 72.8 Å². The molecule has 1 heteroatoms. The Balaban J connectivity index is 1.75. The van der Waals surface area contributed by atoms with E-state index in [1.165, 1.54) is 33.4 Å². The van der Waals surface area contributed by atoms with Crippen LogP contribution in [0.25, 0.3) is 0 Å². The van der Waals surface area contributed by atoms with E-state index in [-0.39, 0.29) is 0 Å². The Labute approximate surface area is 149 Å². The van der Waals surface area contributed by atoms with E-state index in [4.69, 9.17) is 0 Å². The van der Waals surface area contributed by atoms with Crippen molar-refractivity contribution in [2.75, 3.05) is 7.05 Å². The SMILES string of the molecule is CN1Cc2ccccc2C1C1c2ccccc2CCc2ccccc21. The number of aryl methyl sites for hydroxylation is 2. The van der Waals surface area contributed by atoms with Crippen molar-refractivity contribution in [3.63, 3.8) is 0 Å². The number of likely N-dealkylation sites (N-methyl/N-ethyl adjacent to an activating group) is 1. The van der Waals surface area contributed by atoms with Gasteiger partial charge < -0.3 is 0 Å². The van der Waals surface area contributed by atoms with Gasteiger partial charge in [-0.05, 0) is 53.3 Å². The van der Waals surface area contributed by atoms with Crippen LogP contribution in [0.15, 0.2) is 72.8 Å². The minimum absolute atomic E-state index is 0.406. The molecule has 2 aliphatic rings. The second-order valence-electron chi connectivity index (χ2n) is 7.43. The maximum atomic E-state index is 2.54. The molecule has 1 atom stereocenters. The number of nitrogens with zero attached hydrogens (tertiary/aromatic N) is 1. The molecule has 0 N–H and O–H groups in total. The number of fused-ring (bicyclic) bond motifs is 3. The van der Waals surface area contributed by atoms with Gasteiger partial charge >= 0.3 is 0 Å². The van der Waals surface area contributed by atoms with E-state index < -0.39 is 0 Å². The van der Waals surface area contributed by atoms with Crippen LogP contribution >= 0.6 is 0 Å². The molecule has 0 bridgehead atoms. The lowest BCUT2D eigenvalue weighted by molar-refractivity contribution is 0.247. The van der Waals surface area contributed by atoms with Crippen molar-refractivity contribution in [1.82, 2.24) is 4.90 Å². The number of hydrogen-bond donors (Lipinski definition) is 0. The van der Waals surface area contributed by atoms with Crippen molar-refractivity contribution < 1.29 is 0 Å². The first-order valence-corrected chi connectivity index (χ1v) is 9.26. The van der Waals surface area contributed by atoms with Crippen LogP contribution in [0.1, 0.15) is 45.3 Å². The van der Waals surface area contributed by atoms with E-state index >= 15 is 0 Å². The average Bonchev–Trinajstić information content (AvgIpc) is 2.88. The molecule has 1 nitrogen and oxygen atoms in total. The third kappa shape index (κ3) is 2.34. The Hall–Kier alpha value is -2.38. The maximum absolute atomic E-state index is 2.54. The van der Waals surface area contributed by atoms with Crippen LogP contribution in [0.4, 0.5) is 0 Å². The number of benzene rings is 3.